The molecule has 2 aliphatic rings. The molecule has 1 aliphatic heterocycles. The molecule has 1 heterocycles. The summed E-state index contributed by atoms with van der Waals surface area (Å²) in [6, 6.07) is 0.463. The fraction of sp³-hybridized carbons (Fsp3) is 1.00. The van der Waals surface area contributed by atoms with Gasteiger partial charge in [0.05, 0.1) is 0 Å². The van der Waals surface area contributed by atoms with Crippen molar-refractivity contribution in [3.63, 3.8) is 0 Å². The average molecular weight is 182 g/mol. The minimum Gasteiger partial charge on any atom is -0.326 e. The molecule has 0 bridgehead atoms. The van der Waals surface area contributed by atoms with Crippen LogP contribution in [0.2, 0.25) is 0 Å². The smallest absolute Gasteiger partial charge is 0.0196 e. The van der Waals surface area contributed by atoms with Gasteiger partial charge >= 0.3 is 0 Å². The first-order valence-electron chi connectivity index (χ1n) is 5.73. The predicted octanol–water partition coefficient (Wildman–Crippen LogP) is 1.46. The monoisotopic (exact) mass is 182 g/mol. The maximum atomic E-state index is 6.11. The number of nitrogens with two attached hydrogens (primary N) is 1. The Balaban J connectivity index is 1.73. The van der Waals surface area contributed by atoms with E-state index in [9.17, 15) is 0 Å². The van der Waals surface area contributed by atoms with Crippen molar-refractivity contribution >= 4 is 0 Å². The van der Waals surface area contributed by atoms with E-state index < -0.39 is 0 Å². The lowest BCUT2D eigenvalue weighted by molar-refractivity contribution is 0.170. The van der Waals surface area contributed by atoms with Gasteiger partial charge in [-0.05, 0) is 44.1 Å². The van der Waals surface area contributed by atoms with Crippen molar-refractivity contribution < 1.29 is 0 Å². The van der Waals surface area contributed by atoms with Gasteiger partial charge in [0.15, 0.2) is 0 Å². The van der Waals surface area contributed by atoms with Crippen LogP contribution < -0.4 is 5.73 Å². The van der Waals surface area contributed by atoms with Gasteiger partial charge in [0.2, 0.25) is 0 Å². The van der Waals surface area contributed by atoms with Gasteiger partial charge in [0.25, 0.3) is 0 Å². The van der Waals surface area contributed by atoms with E-state index in [4.69, 9.17) is 5.73 Å². The quantitative estimate of drug-likeness (QED) is 0.716. The summed E-state index contributed by atoms with van der Waals surface area (Å²) in [5, 5.41) is 0. The number of likely N-dealkylation sites (tertiary alicyclic amines) is 1. The minimum atomic E-state index is 0.463. The summed E-state index contributed by atoms with van der Waals surface area (Å²) >= 11 is 0. The molecule has 2 fully saturated rings. The molecular weight excluding hydrogens is 160 g/mol. The lowest BCUT2D eigenvalue weighted by atomic mass is 9.99. The Morgan fingerprint density at radius 3 is 2.77 bits per heavy atom. The van der Waals surface area contributed by atoms with Crippen LogP contribution in [0.3, 0.4) is 0 Å². The molecule has 2 unspecified atom stereocenters. The van der Waals surface area contributed by atoms with Crippen molar-refractivity contribution in [2.45, 2.75) is 38.6 Å². The number of hydrogen-bond acceptors (Lipinski definition) is 2. The number of hydrogen-bond donors (Lipinski definition) is 1. The second kappa shape index (κ2) is 3.97. The van der Waals surface area contributed by atoms with Crippen molar-refractivity contribution in [2.24, 2.45) is 17.6 Å². The van der Waals surface area contributed by atoms with Gasteiger partial charge in [0, 0.05) is 19.1 Å². The van der Waals surface area contributed by atoms with Gasteiger partial charge in [-0.2, -0.15) is 0 Å². The maximum absolute atomic E-state index is 6.11. The van der Waals surface area contributed by atoms with E-state index in [1.807, 2.05) is 0 Å². The van der Waals surface area contributed by atoms with Crippen LogP contribution in [0.5, 0.6) is 0 Å². The summed E-state index contributed by atoms with van der Waals surface area (Å²) in [7, 11) is 0. The lowest BCUT2D eigenvalue weighted by Crippen LogP contribution is -2.43. The molecule has 13 heavy (non-hydrogen) atoms. The Hall–Kier alpha value is -0.0800. The van der Waals surface area contributed by atoms with Crippen LogP contribution in [0.25, 0.3) is 0 Å². The number of rotatable bonds is 3. The van der Waals surface area contributed by atoms with Crippen LogP contribution in [-0.4, -0.2) is 30.6 Å². The summed E-state index contributed by atoms with van der Waals surface area (Å²) in [5.41, 5.74) is 6.11. The molecule has 0 amide bonds. The van der Waals surface area contributed by atoms with Gasteiger partial charge < -0.3 is 10.6 Å². The van der Waals surface area contributed by atoms with Crippen molar-refractivity contribution in [3.8, 4) is 0 Å². The fourth-order valence-corrected chi connectivity index (χ4v) is 2.42. The predicted molar refractivity (Wildman–Crippen MR) is 55.5 cm³/mol. The molecule has 2 atom stereocenters. The highest BCUT2D eigenvalue weighted by Crippen LogP contribution is 2.32. The molecule has 0 spiro atoms. The molecule has 1 saturated heterocycles. The van der Waals surface area contributed by atoms with Gasteiger partial charge in [-0.3, -0.25) is 0 Å². The molecule has 2 rings (SSSR count). The van der Waals surface area contributed by atoms with Crippen LogP contribution in [0.1, 0.15) is 32.6 Å². The van der Waals surface area contributed by atoms with E-state index in [0.717, 1.165) is 18.4 Å². The van der Waals surface area contributed by atoms with Crippen LogP contribution in [0.15, 0.2) is 0 Å². The Kier molecular flexibility index (Phi) is 2.89. The summed E-state index contributed by atoms with van der Waals surface area (Å²) < 4.78 is 0. The largest absolute Gasteiger partial charge is 0.326 e. The third-order valence-corrected chi connectivity index (χ3v) is 3.44. The number of piperidine rings is 1. The van der Waals surface area contributed by atoms with Crippen molar-refractivity contribution in [1.82, 2.24) is 4.90 Å². The normalized spacial score (nSPS) is 33.2. The molecule has 1 saturated carbocycles. The van der Waals surface area contributed by atoms with E-state index in [0.29, 0.717) is 6.04 Å². The van der Waals surface area contributed by atoms with E-state index >= 15 is 0 Å². The first-order chi connectivity index (χ1) is 6.25. The number of nitrogens with zero attached hydrogens (tertiary/aromatic N) is 1. The Labute approximate surface area is 81.5 Å². The van der Waals surface area contributed by atoms with Crippen LogP contribution in [-0.2, 0) is 0 Å². The summed E-state index contributed by atoms with van der Waals surface area (Å²) in [6.45, 7) is 6.06. The first-order valence-corrected chi connectivity index (χ1v) is 5.73. The van der Waals surface area contributed by atoms with E-state index in [1.54, 1.807) is 0 Å². The molecule has 0 aromatic heterocycles. The zero-order valence-electron chi connectivity index (χ0n) is 8.71. The SMILES string of the molecule is CC1CCCN(CC(N)C2CC2)C1. The molecule has 0 aromatic rings. The standard InChI is InChI=1S/C11H22N2/c1-9-3-2-6-13(7-9)8-11(12)10-4-5-10/h9-11H,2-8,12H2,1H3. The van der Waals surface area contributed by atoms with Crippen LogP contribution in [0.4, 0.5) is 0 Å². The first kappa shape index (κ1) is 9.47. The zero-order chi connectivity index (χ0) is 9.26. The second-order valence-electron chi connectivity index (χ2n) is 5.01. The van der Waals surface area contributed by atoms with Gasteiger partial charge in [-0.1, -0.05) is 6.92 Å². The molecule has 76 valence electrons. The third kappa shape index (κ3) is 2.68. The molecular formula is C11H22N2. The van der Waals surface area contributed by atoms with Gasteiger partial charge in [-0.15, -0.1) is 0 Å². The fourth-order valence-electron chi connectivity index (χ4n) is 2.42. The Bertz CT molecular complexity index is 165. The van der Waals surface area contributed by atoms with Crippen molar-refractivity contribution in [1.29, 1.82) is 0 Å². The average Bonchev–Trinajstić information content (AvgIpc) is 2.85. The second-order valence-corrected chi connectivity index (χ2v) is 5.01. The van der Waals surface area contributed by atoms with Crippen molar-refractivity contribution in [2.75, 3.05) is 19.6 Å². The topological polar surface area (TPSA) is 29.3 Å². The van der Waals surface area contributed by atoms with Crippen LogP contribution >= 0.6 is 0 Å². The van der Waals surface area contributed by atoms with E-state index in [2.05, 4.69) is 11.8 Å². The molecule has 1 aliphatic carbocycles. The molecule has 2 heteroatoms. The highest BCUT2D eigenvalue weighted by Gasteiger charge is 2.30. The summed E-state index contributed by atoms with van der Waals surface area (Å²) in [6.07, 6.45) is 5.54. The summed E-state index contributed by atoms with van der Waals surface area (Å²) in [4.78, 5) is 2.57. The third-order valence-electron chi connectivity index (χ3n) is 3.44. The van der Waals surface area contributed by atoms with Crippen LogP contribution in [0, 0.1) is 11.8 Å². The Morgan fingerprint density at radius 1 is 1.38 bits per heavy atom. The van der Waals surface area contributed by atoms with Crippen molar-refractivity contribution in [3.05, 3.63) is 0 Å². The minimum absolute atomic E-state index is 0.463. The van der Waals surface area contributed by atoms with Gasteiger partial charge in [0.1, 0.15) is 0 Å². The highest BCUT2D eigenvalue weighted by molar-refractivity contribution is 4.86. The zero-order valence-corrected chi connectivity index (χ0v) is 8.71. The molecule has 0 aromatic carbocycles. The summed E-state index contributed by atoms with van der Waals surface area (Å²) in [5.74, 6) is 1.75. The lowest BCUT2D eigenvalue weighted by Gasteiger charge is -2.32. The molecule has 2 N–H and O–H groups in total. The molecule has 2 nitrogen and oxygen atoms in total. The maximum Gasteiger partial charge on any atom is 0.0196 e. The highest BCUT2D eigenvalue weighted by atomic mass is 15.1. The molecule has 0 radical (unpaired) electrons. The van der Waals surface area contributed by atoms with Gasteiger partial charge in [-0.25, -0.2) is 0 Å². The van der Waals surface area contributed by atoms with E-state index in [1.165, 1.54) is 38.8 Å². The Morgan fingerprint density at radius 2 is 2.15 bits per heavy atom. The van der Waals surface area contributed by atoms with E-state index in [-0.39, 0.29) is 0 Å².